The van der Waals surface area contributed by atoms with E-state index in [0.29, 0.717) is 19.8 Å². The number of morpholine rings is 1. The van der Waals surface area contributed by atoms with Crippen LogP contribution < -0.4 is 5.32 Å². The number of aromatic nitrogens is 1. The maximum Gasteiger partial charge on any atom is 0.194 e. The molecule has 0 aliphatic carbocycles. The molecule has 1 fully saturated rings. The van der Waals surface area contributed by atoms with E-state index in [-0.39, 0.29) is 30.1 Å². The molecule has 1 aromatic rings. The Kier molecular flexibility index (Phi) is 8.12. The lowest BCUT2D eigenvalue weighted by molar-refractivity contribution is -0.0447. The molecule has 22 heavy (non-hydrogen) atoms. The van der Waals surface area contributed by atoms with Crippen molar-refractivity contribution in [1.29, 1.82) is 0 Å². The van der Waals surface area contributed by atoms with E-state index in [4.69, 9.17) is 14.0 Å². The summed E-state index contributed by atoms with van der Waals surface area (Å²) in [5.74, 6) is 1.70. The largest absolute Gasteiger partial charge is 0.382 e. The third kappa shape index (κ3) is 4.82. The van der Waals surface area contributed by atoms with Gasteiger partial charge in [-0.05, 0) is 13.8 Å². The number of aliphatic imine (C=N–C) groups is 1. The molecule has 0 spiro atoms. The molecule has 126 valence electrons. The lowest BCUT2D eigenvalue weighted by atomic mass is 10.2. The van der Waals surface area contributed by atoms with Gasteiger partial charge in [-0.3, -0.25) is 4.99 Å². The molecule has 2 heterocycles. The van der Waals surface area contributed by atoms with Crippen LogP contribution in [0.2, 0.25) is 0 Å². The molecule has 2 rings (SSSR count). The van der Waals surface area contributed by atoms with Gasteiger partial charge < -0.3 is 24.2 Å². The van der Waals surface area contributed by atoms with Crippen molar-refractivity contribution in [3.8, 4) is 0 Å². The van der Waals surface area contributed by atoms with Gasteiger partial charge in [-0.1, -0.05) is 5.16 Å². The van der Waals surface area contributed by atoms with Crippen LogP contribution in [0.1, 0.15) is 17.0 Å². The van der Waals surface area contributed by atoms with Crippen molar-refractivity contribution in [2.75, 3.05) is 40.5 Å². The molecule has 7 nitrogen and oxygen atoms in total. The summed E-state index contributed by atoms with van der Waals surface area (Å²) < 4.78 is 16.0. The number of rotatable bonds is 4. The molecule has 0 bridgehead atoms. The number of aryl methyl sites for hydroxylation is 2. The van der Waals surface area contributed by atoms with Gasteiger partial charge >= 0.3 is 0 Å². The van der Waals surface area contributed by atoms with E-state index >= 15 is 0 Å². The molecular formula is C14H25IN4O3. The van der Waals surface area contributed by atoms with Crippen LogP contribution in [-0.2, 0) is 16.0 Å². The smallest absolute Gasteiger partial charge is 0.194 e. The average molecular weight is 424 g/mol. The van der Waals surface area contributed by atoms with E-state index in [1.807, 2.05) is 13.8 Å². The van der Waals surface area contributed by atoms with Crippen LogP contribution >= 0.6 is 24.0 Å². The van der Waals surface area contributed by atoms with Crippen molar-refractivity contribution in [1.82, 2.24) is 15.4 Å². The van der Waals surface area contributed by atoms with Crippen LogP contribution in [-0.4, -0.2) is 62.6 Å². The average Bonchev–Trinajstić information content (AvgIpc) is 2.80. The Labute approximate surface area is 148 Å². The second-order valence-corrected chi connectivity index (χ2v) is 5.10. The monoisotopic (exact) mass is 424 g/mol. The molecule has 0 amide bonds. The van der Waals surface area contributed by atoms with Gasteiger partial charge in [-0.25, -0.2) is 0 Å². The Bertz CT molecular complexity index is 471. The molecule has 1 unspecified atom stereocenters. The summed E-state index contributed by atoms with van der Waals surface area (Å²) in [6.45, 7) is 7.39. The summed E-state index contributed by atoms with van der Waals surface area (Å²) in [5.41, 5.74) is 1.99. The predicted octanol–water partition coefficient (Wildman–Crippen LogP) is 1.33. The molecule has 1 aromatic heterocycles. The zero-order valence-electron chi connectivity index (χ0n) is 13.6. The number of ether oxygens (including phenoxy) is 2. The molecule has 1 aliphatic rings. The maximum atomic E-state index is 5.66. The van der Waals surface area contributed by atoms with Gasteiger partial charge in [0.1, 0.15) is 5.76 Å². The SMILES string of the molecule is CN=C(NCc1c(C)noc1C)N1CCOC(COC)C1.I. The Morgan fingerprint density at radius 1 is 1.50 bits per heavy atom. The van der Waals surface area contributed by atoms with Crippen LogP contribution in [0.3, 0.4) is 0 Å². The van der Waals surface area contributed by atoms with Gasteiger partial charge in [0.2, 0.25) is 0 Å². The second kappa shape index (κ2) is 9.31. The van der Waals surface area contributed by atoms with Crippen LogP contribution in [0.25, 0.3) is 0 Å². The Morgan fingerprint density at radius 3 is 2.86 bits per heavy atom. The summed E-state index contributed by atoms with van der Waals surface area (Å²) in [6, 6.07) is 0. The summed E-state index contributed by atoms with van der Waals surface area (Å²) in [5, 5.41) is 7.33. The number of guanidine groups is 1. The van der Waals surface area contributed by atoms with Gasteiger partial charge in [-0.2, -0.15) is 0 Å². The van der Waals surface area contributed by atoms with E-state index in [2.05, 4.69) is 20.4 Å². The van der Waals surface area contributed by atoms with Crippen molar-refractivity contribution < 1.29 is 14.0 Å². The summed E-state index contributed by atoms with van der Waals surface area (Å²) in [6.07, 6.45) is 0.0846. The third-order valence-corrected chi connectivity index (χ3v) is 3.61. The van der Waals surface area contributed by atoms with Gasteiger partial charge in [0.25, 0.3) is 0 Å². The summed E-state index contributed by atoms with van der Waals surface area (Å²) >= 11 is 0. The minimum atomic E-state index is 0. The first kappa shape index (κ1) is 19.2. The highest BCUT2D eigenvalue weighted by molar-refractivity contribution is 14.0. The highest BCUT2D eigenvalue weighted by atomic mass is 127. The first-order valence-corrected chi connectivity index (χ1v) is 7.13. The number of nitrogens with one attached hydrogen (secondary N) is 1. The number of hydrogen-bond donors (Lipinski definition) is 1. The summed E-state index contributed by atoms with van der Waals surface area (Å²) in [7, 11) is 3.48. The van der Waals surface area contributed by atoms with Gasteiger partial charge in [0, 0.05) is 39.4 Å². The van der Waals surface area contributed by atoms with Crippen molar-refractivity contribution in [2.45, 2.75) is 26.5 Å². The van der Waals surface area contributed by atoms with E-state index in [0.717, 1.165) is 36.1 Å². The fraction of sp³-hybridized carbons (Fsp3) is 0.714. The number of nitrogens with zero attached hydrogens (tertiary/aromatic N) is 3. The van der Waals surface area contributed by atoms with E-state index < -0.39 is 0 Å². The quantitative estimate of drug-likeness (QED) is 0.447. The third-order valence-electron chi connectivity index (χ3n) is 3.61. The Balaban J connectivity index is 0.00000242. The lowest BCUT2D eigenvalue weighted by Crippen LogP contribution is -2.51. The van der Waals surface area contributed by atoms with E-state index in [1.54, 1.807) is 14.2 Å². The molecule has 0 aromatic carbocycles. The highest BCUT2D eigenvalue weighted by Crippen LogP contribution is 2.12. The number of methoxy groups -OCH3 is 1. The Hall–Kier alpha value is -0.870. The molecule has 1 N–H and O–H groups in total. The Morgan fingerprint density at radius 2 is 2.27 bits per heavy atom. The normalized spacial score (nSPS) is 19.0. The molecule has 1 aliphatic heterocycles. The zero-order valence-corrected chi connectivity index (χ0v) is 15.9. The maximum absolute atomic E-state index is 5.66. The van der Waals surface area contributed by atoms with Crippen molar-refractivity contribution in [3.63, 3.8) is 0 Å². The van der Waals surface area contributed by atoms with Crippen LogP contribution in [0.4, 0.5) is 0 Å². The second-order valence-electron chi connectivity index (χ2n) is 5.10. The van der Waals surface area contributed by atoms with Crippen LogP contribution in [0.5, 0.6) is 0 Å². The molecule has 0 saturated carbocycles. The minimum absolute atomic E-state index is 0. The first-order chi connectivity index (χ1) is 10.2. The fourth-order valence-corrected chi connectivity index (χ4v) is 2.45. The van der Waals surface area contributed by atoms with Gasteiger partial charge in [0.05, 0.1) is 25.0 Å². The van der Waals surface area contributed by atoms with Crippen LogP contribution in [0.15, 0.2) is 9.52 Å². The van der Waals surface area contributed by atoms with Gasteiger partial charge in [-0.15, -0.1) is 24.0 Å². The molecule has 0 radical (unpaired) electrons. The molecule has 1 atom stereocenters. The standard InChI is InChI=1S/C14H24N4O3.HI/c1-10-13(11(2)21-17-10)7-16-14(15-3)18-5-6-20-12(8-18)9-19-4;/h12H,5-9H2,1-4H3,(H,15,16);1H. The zero-order chi connectivity index (χ0) is 15.2. The number of hydrogen-bond acceptors (Lipinski definition) is 5. The van der Waals surface area contributed by atoms with Crippen molar-refractivity contribution >= 4 is 29.9 Å². The van der Waals surface area contributed by atoms with Gasteiger partial charge in [0.15, 0.2) is 5.96 Å². The van der Waals surface area contributed by atoms with Crippen LogP contribution in [0, 0.1) is 13.8 Å². The van der Waals surface area contributed by atoms with E-state index in [9.17, 15) is 0 Å². The highest BCUT2D eigenvalue weighted by Gasteiger charge is 2.23. The minimum Gasteiger partial charge on any atom is -0.382 e. The van der Waals surface area contributed by atoms with E-state index in [1.165, 1.54) is 0 Å². The molecule has 1 saturated heterocycles. The van der Waals surface area contributed by atoms with Crippen molar-refractivity contribution in [3.05, 3.63) is 17.0 Å². The first-order valence-electron chi connectivity index (χ1n) is 7.13. The molecule has 8 heteroatoms. The van der Waals surface area contributed by atoms with Crippen molar-refractivity contribution in [2.24, 2.45) is 4.99 Å². The molecular weight excluding hydrogens is 399 g/mol. The number of halogens is 1. The summed E-state index contributed by atoms with van der Waals surface area (Å²) in [4.78, 5) is 6.54. The predicted molar refractivity (Wildman–Crippen MR) is 94.8 cm³/mol. The fourth-order valence-electron chi connectivity index (χ4n) is 2.45. The lowest BCUT2D eigenvalue weighted by Gasteiger charge is -2.34. The topological polar surface area (TPSA) is 72.1 Å².